The van der Waals surface area contributed by atoms with Crippen LogP contribution in [0.1, 0.15) is 32.1 Å². The van der Waals surface area contributed by atoms with Gasteiger partial charge in [-0.1, -0.05) is 5.11 Å². The highest BCUT2D eigenvalue weighted by Gasteiger charge is 2.36. The molecule has 1 aromatic heterocycles. The Labute approximate surface area is 133 Å². The van der Waals surface area contributed by atoms with Gasteiger partial charge in [-0.2, -0.15) is 0 Å². The van der Waals surface area contributed by atoms with Crippen LogP contribution in [0.3, 0.4) is 0 Å². The van der Waals surface area contributed by atoms with Gasteiger partial charge in [-0.3, -0.25) is 13.9 Å². The lowest BCUT2D eigenvalue weighted by atomic mass is 10.1. The van der Waals surface area contributed by atoms with Gasteiger partial charge >= 0.3 is 5.69 Å². The third kappa shape index (κ3) is 3.47. The summed E-state index contributed by atoms with van der Waals surface area (Å²) in [4.78, 5) is 27.3. The minimum atomic E-state index is -0.583. The number of ether oxygens (including phenoxy) is 2. The summed E-state index contributed by atoms with van der Waals surface area (Å²) in [5.74, 6) is 0. The zero-order valence-corrected chi connectivity index (χ0v) is 13.5. The van der Waals surface area contributed by atoms with Gasteiger partial charge in [0.15, 0.2) is 0 Å². The van der Waals surface area contributed by atoms with E-state index in [1.807, 2.05) is 6.92 Å². The average molecular weight is 323 g/mol. The molecule has 9 heteroatoms. The van der Waals surface area contributed by atoms with Crippen LogP contribution < -0.4 is 11.2 Å². The van der Waals surface area contributed by atoms with Gasteiger partial charge in [0.1, 0.15) is 6.23 Å². The zero-order valence-electron chi connectivity index (χ0n) is 13.5. The first-order chi connectivity index (χ1) is 11.0. The molecule has 2 heterocycles. The van der Waals surface area contributed by atoms with Crippen molar-refractivity contribution in [3.63, 3.8) is 0 Å². The highest BCUT2D eigenvalue weighted by atomic mass is 16.6. The summed E-state index contributed by atoms with van der Waals surface area (Å²) in [7, 11) is 0. The predicted octanol–water partition coefficient (Wildman–Crippen LogP) is 1.34. The summed E-state index contributed by atoms with van der Waals surface area (Å²) < 4.78 is 13.8. The number of azide groups is 1. The van der Waals surface area contributed by atoms with Gasteiger partial charge in [-0.25, -0.2) is 4.79 Å². The van der Waals surface area contributed by atoms with Crippen LogP contribution in [0.5, 0.6) is 0 Å². The van der Waals surface area contributed by atoms with Crippen LogP contribution in [0, 0.1) is 6.92 Å². The summed E-state index contributed by atoms with van der Waals surface area (Å²) in [5, 5.41) is 3.74. The number of aryl methyl sites for hydroxylation is 1. The van der Waals surface area contributed by atoms with Gasteiger partial charge < -0.3 is 9.47 Å². The largest absolute Gasteiger partial charge is 0.379 e. The van der Waals surface area contributed by atoms with Crippen LogP contribution >= 0.6 is 0 Å². The predicted molar refractivity (Wildman–Crippen MR) is 83.3 cm³/mol. The first-order valence-corrected chi connectivity index (χ1v) is 7.63. The summed E-state index contributed by atoms with van der Waals surface area (Å²) in [6.45, 7) is 6.35. The number of hydrogen-bond donors (Lipinski definition) is 0. The molecule has 0 amide bonds. The summed E-state index contributed by atoms with van der Waals surface area (Å²) in [6.07, 6.45) is 0.867. The quantitative estimate of drug-likeness (QED) is 0.446. The van der Waals surface area contributed by atoms with Crippen molar-refractivity contribution >= 4 is 0 Å². The Morgan fingerprint density at radius 2 is 2.22 bits per heavy atom. The van der Waals surface area contributed by atoms with Crippen LogP contribution in [0.15, 0.2) is 20.9 Å². The molecule has 2 rings (SSSR count). The molecule has 23 heavy (non-hydrogen) atoms. The maximum atomic E-state index is 12.5. The maximum absolute atomic E-state index is 12.5. The fourth-order valence-electron chi connectivity index (χ4n) is 2.70. The summed E-state index contributed by atoms with van der Waals surface area (Å²) in [5.41, 5.74) is 8.43. The lowest BCUT2D eigenvalue weighted by Crippen LogP contribution is -2.41. The Morgan fingerprint density at radius 3 is 2.83 bits per heavy atom. The van der Waals surface area contributed by atoms with E-state index in [4.69, 9.17) is 15.0 Å². The van der Waals surface area contributed by atoms with Gasteiger partial charge in [0, 0.05) is 36.2 Å². The smallest absolute Gasteiger partial charge is 0.333 e. The van der Waals surface area contributed by atoms with E-state index in [9.17, 15) is 9.59 Å². The molecule has 0 aromatic carbocycles. The minimum Gasteiger partial charge on any atom is -0.379 e. The third-order valence-corrected chi connectivity index (χ3v) is 3.88. The van der Waals surface area contributed by atoms with Crippen LogP contribution in [0.25, 0.3) is 10.4 Å². The van der Waals surface area contributed by atoms with E-state index in [0.717, 1.165) is 4.57 Å². The molecule has 0 spiro atoms. The van der Waals surface area contributed by atoms with Gasteiger partial charge in [-0.05, 0) is 26.3 Å². The maximum Gasteiger partial charge on any atom is 0.333 e. The monoisotopic (exact) mass is 323 g/mol. The standard InChI is InChI=1S/C14H21N5O4/c1-4-18-13(20)9(3)7-19(14(18)21)12-6-10(16-17-15)11(23-12)8-22-5-2/h7,10-12H,4-6,8H2,1-3H3/t10-,11+,12+/m0/s1. The minimum absolute atomic E-state index is 0.286. The molecule has 0 aliphatic carbocycles. The Hall–Kier alpha value is -2.09. The first-order valence-electron chi connectivity index (χ1n) is 7.63. The molecule has 1 aliphatic rings. The highest BCUT2D eigenvalue weighted by Crippen LogP contribution is 2.30. The Morgan fingerprint density at radius 1 is 1.48 bits per heavy atom. The fourth-order valence-corrected chi connectivity index (χ4v) is 2.70. The molecule has 126 valence electrons. The molecule has 3 atom stereocenters. The van der Waals surface area contributed by atoms with Crippen LogP contribution in [0.2, 0.25) is 0 Å². The number of hydrogen-bond acceptors (Lipinski definition) is 5. The van der Waals surface area contributed by atoms with Gasteiger partial charge in [0.2, 0.25) is 0 Å². The molecule has 9 nitrogen and oxygen atoms in total. The molecule has 0 unspecified atom stereocenters. The molecule has 0 saturated carbocycles. The van der Waals surface area contributed by atoms with E-state index in [2.05, 4.69) is 10.0 Å². The normalized spacial score (nSPS) is 23.7. The van der Waals surface area contributed by atoms with Crippen LogP contribution in [-0.4, -0.2) is 34.5 Å². The molecule has 0 N–H and O–H groups in total. The fraction of sp³-hybridized carbons (Fsp3) is 0.714. The molecule has 0 bridgehead atoms. The van der Waals surface area contributed by atoms with Gasteiger partial charge in [0.05, 0.1) is 18.8 Å². The van der Waals surface area contributed by atoms with E-state index in [-0.39, 0.29) is 18.7 Å². The number of rotatable bonds is 6. The van der Waals surface area contributed by atoms with E-state index >= 15 is 0 Å². The van der Waals surface area contributed by atoms with Crippen molar-refractivity contribution in [2.75, 3.05) is 13.2 Å². The van der Waals surface area contributed by atoms with Crippen LogP contribution in [0.4, 0.5) is 0 Å². The van der Waals surface area contributed by atoms with Crippen molar-refractivity contribution in [3.8, 4) is 0 Å². The molecule has 0 radical (unpaired) electrons. The molecule has 1 saturated heterocycles. The molecular weight excluding hydrogens is 302 g/mol. The van der Waals surface area contributed by atoms with Crippen molar-refractivity contribution in [1.29, 1.82) is 0 Å². The SMILES string of the molecule is CCOC[C@H]1O[C@@H](n2cc(C)c(=O)n(CC)c2=O)C[C@@H]1N=[N+]=[N-]. The molecule has 1 fully saturated rings. The molecule has 1 aromatic rings. The van der Waals surface area contributed by atoms with E-state index in [1.54, 1.807) is 13.8 Å². The molecule has 1 aliphatic heterocycles. The Bertz CT molecular complexity index is 719. The lowest BCUT2D eigenvalue weighted by Gasteiger charge is -2.18. The van der Waals surface area contributed by atoms with Crippen molar-refractivity contribution in [3.05, 3.63) is 43.0 Å². The second-order valence-electron chi connectivity index (χ2n) is 5.35. The van der Waals surface area contributed by atoms with E-state index in [0.29, 0.717) is 18.6 Å². The number of nitrogens with zero attached hydrogens (tertiary/aromatic N) is 5. The topological polar surface area (TPSA) is 111 Å². The highest BCUT2D eigenvalue weighted by molar-refractivity contribution is 5.04. The van der Waals surface area contributed by atoms with Crippen molar-refractivity contribution in [1.82, 2.24) is 9.13 Å². The average Bonchev–Trinajstić information content (AvgIpc) is 2.92. The first kappa shape index (κ1) is 17.3. The van der Waals surface area contributed by atoms with Gasteiger partial charge in [-0.15, -0.1) is 0 Å². The van der Waals surface area contributed by atoms with Gasteiger partial charge in [0.25, 0.3) is 5.56 Å². The van der Waals surface area contributed by atoms with Crippen molar-refractivity contribution < 1.29 is 9.47 Å². The van der Waals surface area contributed by atoms with Crippen molar-refractivity contribution in [2.45, 2.75) is 52.1 Å². The van der Waals surface area contributed by atoms with E-state index < -0.39 is 24.1 Å². The Kier molecular flexibility index (Phi) is 5.59. The van der Waals surface area contributed by atoms with Crippen LogP contribution in [-0.2, 0) is 16.0 Å². The Balaban J connectivity index is 2.36. The lowest BCUT2D eigenvalue weighted by molar-refractivity contribution is -0.0439. The summed E-state index contributed by atoms with van der Waals surface area (Å²) >= 11 is 0. The molecular formula is C14H21N5O4. The second-order valence-corrected chi connectivity index (χ2v) is 5.35. The second kappa shape index (κ2) is 7.45. The third-order valence-electron chi connectivity index (χ3n) is 3.88. The zero-order chi connectivity index (χ0) is 17.0. The van der Waals surface area contributed by atoms with E-state index in [1.165, 1.54) is 10.8 Å². The number of aromatic nitrogens is 2. The van der Waals surface area contributed by atoms with Crippen molar-refractivity contribution in [2.24, 2.45) is 5.11 Å². The summed E-state index contributed by atoms with van der Waals surface area (Å²) in [6, 6.07) is -0.411.